The topological polar surface area (TPSA) is 28.4 Å². The van der Waals surface area contributed by atoms with Crippen molar-refractivity contribution >= 4 is 22.6 Å². The predicted octanol–water partition coefficient (Wildman–Crippen LogP) is 2.70. The molecule has 0 bridgehead atoms. The van der Waals surface area contributed by atoms with E-state index in [-0.39, 0.29) is 0 Å². The van der Waals surface area contributed by atoms with Crippen molar-refractivity contribution in [1.29, 1.82) is 0 Å². The molecule has 0 amide bonds. The fraction of sp³-hybridized carbons (Fsp3) is 0.667. The van der Waals surface area contributed by atoms with Gasteiger partial charge in [-0.05, 0) is 54.7 Å². The summed E-state index contributed by atoms with van der Waals surface area (Å²) in [5.74, 6) is 1.01. The first-order chi connectivity index (χ1) is 7.65. The first-order valence-electron chi connectivity index (χ1n) is 5.85. The molecular weight excluding hydrogens is 315 g/mol. The van der Waals surface area contributed by atoms with Crippen LogP contribution in [0.3, 0.4) is 0 Å². The van der Waals surface area contributed by atoms with E-state index in [1.54, 1.807) is 0 Å². The Labute approximate surface area is 112 Å². The van der Waals surface area contributed by atoms with Crippen molar-refractivity contribution in [2.24, 2.45) is 0 Å². The third kappa shape index (κ3) is 4.84. The van der Waals surface area contributed by atoms with Crippen LogP contribution in [-0.4, -0.2) is 30.6 Å². The van der Waals surface area contributed by atoms with Gasteiger partial charge in [0.25, 0.3) is 0 Å². The molecule has 0 aliphatic rings. The van der Waals surface area contributed by atoms with Crippen molar-refractivity contribution in [3.05, 3.63) is 21.7 Å². The molecule has 0 radical (unpaired) electrons. The molecule has 4 heteroatoms. The number of rotatable bonds is 7. The lowest BCUT2D eigenvalue weighted by molar-refractivity contribution is 0.268. The summed E-state index contributed by atoms with van der Waals surface area (Å²) in [7, 11) is 0. The minimum atomic E-state index is 0.489. The van der Waals surface area contributed by atoms with Gasteiger partial charge in [-0.3, -0.25) is 0 Å². The highest BCUT2D eigenvalue weighted by atomic mass is 127. The second-order valence-electron chi connectivity index (χ2n) is 3.97. The molecule has 0 aliphatic carbocycles. The molecule has 0 fully saturated rings. The maximum Gasteiger partial charge on any atom is 0.164 e. The highest BCUT2D eigenvalue weighted by Crippen LogP contribution is 2.09. The Hall–Kier alpha value is -0.0700. The van der Waals surface area contributed by atoms with Crippen LogP contribution in [0.2, 0.25) is 0 Å². The van der Waals surface area contributed by atoms with Gasteiger partial charge in [0.1, 0.15) is 5.76 Å². The smallest absolute Gasteiger partial charge is 0.164 e. The standard InChI is InChI=1S/C12H21IN2O/c1-4-15(5-2)9-10(3)14-8-11-6-7-12(13)16-11/h6-7,10,14H,4-5,8-9H2,1-3H3. The number of nitrogens with zero attached hydrogens (tertiary/aromatic N) is 1. The molecule has 1 heterocycles. The summed E-state index contributed by atoms with van der Waals surface area (Å²) in [6, 6.07) is 4.51. The zero-order valence-electron chi connectivity index (χ0n) is 10.3. The van der Waals surface area contributed by atoms with E-state index in [2.05, 4.69) is 53.6 Å². The Balaban J connectivity index is 2.26. The summed E-state index contributed by atoms with van der Waals surface area (Å²) < 4.78 is 6.45. The van der Waals surface area contributed by atoms with Crippen LogP contribution >= 0.6 is 22.6 Å². The van der Waals surface area contributed by atoms with Gasteiger partial charge < -0.3 is 14.6 Å². The predicted molar refractivity (Wildman–Crippen MR) is 75.5 cm³/mol. The molecule has 16 heavy (non-hydrogen) atoms. The zero-order chi connectivity index (χ0) is 12.0. The van der Waals surface area contributed by atoms with Crippen LogP contribution in [0.4, 0.5) is 0 Å². The fourth-order valence-electron chi connectivity index (χ4n) is 1.66. The van der Waals surface area contributed by atoms with Gasteiger partial charge in [0, 0.05) is 12.6 Å². The largest absolute Gasteiger partial charge is 0.454 e. The van der Waals surface area contributed by atoms with E-state index in [0.717, 1.165) is 35.7 Å². The van der Waals surface area contributed by atoms with Gasteiger partial charge in [-0.25, -0.2) is 0 Å². The minimum absolute atomic E-state index is 0.489. The molecular formula is C12H21IN2O. The van der Waals surface area contributed by atoms with Crippen molar-refractivity contribution in [3.8, 4) is 0 Å². The van der Waals surface area contributed by atoms with Crippen LogP contribution in [0.15, 0.2) is 16.5 Å². The summed E-state index contributed by atoms with van der Waals surface area (Å²) in [5, 5.41) is 3.47. The fourth-order valence-corrected chi connectivity index (χ4v) is 2.12. The highest BCUT2D eigenvalue weighted by Gasteiger charge is 2.07. The van der Waals surface area contributed by atoms with Crippen LogP contribution in [-0.2, 0) is 6.54 Å². The SMILES string of the molecule is CCN(CC)CC(C)NCc1ccc(I)o1. The maximum atomic E-state index is 5.50. The van der Waals surface area contributed by atoms with Gasteiger partial charge >= 0.3 is 0 Å². The van der Waals surface area contributed by atoms with E-state index in [9.17, 15) is 0 Å². The molecule has 0 aromatic carbocycles. The number of hydrogen-bond acceptors (Lipinski definition) is 3. The van der Waals surface area contributed by atoms with Crippen LogP contribution in [0, 0.1) is 3.77 Å². The summed E-state index contributed by atoms with van der Waals surface area (Å²) in [5.41, 5.74) is 0. The Morgan fingerprint density at radius 1 is 1.38 bits per heavy atom. The van der Waals surface area contributed by atoms with Crippen molar-refractivity contribution < 1.29 is 4.42 Å². The van der Waals surface area contributed by atoms with Gasteiger partial charge in [-0.2, -0.15) is 0 Å². The lowest BCUT2D eigenvalue weighted by Crippen LogP contribution is -2.38. The summed E-state index contributed by atoms with van der Waals surface area (Å²) >= 11 is 2.19. The van der Waals surface area contributed by atoms with Crippen LogP contribution in [0.1, 0.15) is 26.5 Å². The van der Waals surface area contributed by atoms with Crippen molar-refractivity contribution in [2.75, 3.05) is 19.6 Å². The lowest BCUT2D eigenvalue weighted by Gasteiger charge is -2.23. The summed E-state index contributed by atoms with van der Waals surface area (Å²) in [6.45, 7) is 10.7. The van der Waals surface area contributed by atoms with E-state index in [4.69, 9.17) is 4.42 Å². The van der Waals surface area contributed by atoms with E-state index in [0.29, 0.717) is 6.04 Å². The van der Waals surface area contributed by atoms with E-state index >= 15 is 0 Å². The second-order valence-corrected chi connectivity index (χ2v) is 5.04. The summed E-state index contributed by atoms with van der Waals surface area (Å²) in [4.78, 5) is 2.42. The van der Waals surface area contributed by atoms with Gasteiger partial charge in [0.2, 0.25) is 0 Å². The van der Waals surface area contributed by atoms with E-state index in [1.807, 2.05) is 12.1 Å². The average molecular weight is 336 g/mol. The third-order valence-electron chi connectivity index (χ3n) is 2.68. The van der Waals surface area contributed by atoms with Crippen molar-refractivity contribution in [1.82, 2.24) is 10.2 Å². The Morgan fingerprint density at radius 2 is 2.06 bits per heavy atom. The monoisotopic (exact) mass is 336 g/mol. The molecule has 1 aromatic rings. The summed E-state index contributed by atoms with van der Waals surface area (Å²) in [6.07, 6.45) is 0. The molecule has 3 nitrogen and oxygen atoms in total. The second kappa shape index (κ2) is 7.29. The number of hydrogen-bond donors (Lipinski definition) is 1. The molecule has 1 rings (SSSR count). The lowest BCUT2D eigenvalue weighted by atomic mass is 10.3. The first-order valence-corrected chi connectivity index (χ1v) is 6.93. The number of halogens is 1. The molecule has 1 N–H and O–H groups in total. The molecule has 0 aliphatic heterocycles. The first kappa shape index (κ1) is 14.0. The van der Waals surface area contributed by atoms with Crippen LogP contribution in [0.25, 0.3) is 0 Å². The quantitative estimate of drug-likeness (QED) is 0.776. The molecule has 92 valence electrons. The number of likely N-dealkylation sites (N-methyl/N-ethyl adjacent to an activating group) is 1. The highest BCUT2D eigenvalue weighted by molar-refractivity contribution is 14.1. The van der Waals surface area contributed by atoms with Gasteiger partial charge in [-0.15, -0.1) is 0 Å². The van der Waals surface area contributed by atoms with E-state index in [1.165, 1.54) is 0 Å². The van der Waals surface area contributed by atoms with Crippen molar-refractivity contribution in [3.63, 3.8) is 0 Å². The third-order valence-corrected chi connectivity index (χ3v) is 3.26. The molecule has 0 saturated heterocycles. The Bertz CT molecular complexity index is 297. The minimum Gasteiger partial charge on any atom is -0.454 e. The maximum absolute atomic E-state index is 5.50. The van der Waals surface area contributed by atoms with Gasteiger partial charge in [0.15, 0.2) is 3.77 Å². The molecule has 0 spiro atoms. The number of nitrogens with one attached hydrogen (secondary N) is 1. The molecule has 1 atom stereocenters. The molecule has 1 unspecified atom stereocenters. The normalized spacial score (nSPS) is 13.3. The Kier molecular flexibility index (Phi) is 6.38. The van der Waals surface area contributed by atoms with Gasteiger partial charge in [0.05, 0.1) is 6.54 Å². The molecule has 0 saturated carbocycles. The van der Waals surface area contributed by atoms with Gasteiger partial charge in [-0.1, -0.05) is 13.8 Å². The van der Waals surface area contributed by atoms with Crippen molar-refractivity contribution in [2.45, 2.75) is 33.4 Å². The van der Waals surface area contributed by atoms with E-state index < -0.39 is 0 Å². The zero-order valence-corrected chi connectivity index (χ0v) is 12.5. The molecule has 1 aromatic heterocycles. The Morgan fingerprint density at radius 3 is 2.56 bits per heavy atom. The number of furan rings is 1. The average Bonchev–Trinajstić information content (AvgIpc) is 2.69. The van der Waals surface area contributed by atoms with Crippen LogP contribution in [0.5, 0.6) is 0 Å². The van der Waals surface area contributed by atoms with Crippen LogP contribution < -0.4 is 5.32 Å².